The fourth-order valence-corrected chi connectivity index (χ4v) is 3.26. The van der Waals surface area contributed by atoms with Crippen molar-refractivity contribution >= 4 is 16.8 Å². The van der Waals surface area contributed by atoms with Crippen LogP contribution in [0.5, 0.6) is 0 Å². The smallest absolute Gasteiger partial charge is 0.259 e. The van der Waals surface area contributed by atoms with Gasteiger partial charge in [-0.2, -0.15) is 0 Å². The van der Waals surface area contributed by atoms with Gasteiger partial charge in [0.1, 0.15) is 11.4 Å². The SMILES string of the molecule is CCC[C@@H]1CN(C(=O)c2c[nH]c3ccc(F)cc3c2=O)C[C@H]1N. The second-order valence-electron chi connectivity index (χ2n) is 6.14. The number of likely N-dealkylation sites (tertiary alicyclic amines) is 1. The molecule has 2 aromatic rings. The van der Waals surface area contributed by atoms with Gasteiger partial charge in [0, 0.05) is 36.2 Å². The highest BCUT2D eigenvalue weighted by atomic mass is 19.1. The van der Waals surface area contributed by atoms with Gasteiger partial charge in [0.15, 0.2) is 0 Å². The van der Waals surface area contributed by atoms with Crippen LogP contribution in [0.15, 0.2) is 29.2 Å². The number of aromatic nitrogens is 1. The maximum Gasteiger partial charge on any atom is 0.259 e. The number of aromatic amines is 1. The first-order valence-electron chi connectivity index (χ1n) is 7.87. The maximum atomic E-state index is 13.4. The van der Waals surface area contributed by atoms with Gasteiger partial charge in [-0.25, -0.2) is 4.39 Å². The Kier molecular flexibility index (Phi) is 4.17. The van der Waals surface area contributed by atoms with Crippen LogP contribution >= 0.6 is 0 Å². The summed E-state index contributed by atoms with van der Waals surface area (Å²) in [7, 11) is 0. The molecule has 1 amide bonds. The Balaban J connectivity index is 1.93. The van der Waals surface area contributed by atoms with E-state index in [1.807, 2.05) is 0 Å². The number of H-pyrrole nitrogens is 1. The van der Waals surface area contributed by atoms with Gasteiger partial charge in [0.05, 0.1) is 0 Å². The Morgan fingerprint density at radius 3 is 2.96 bits per heavy atom. The molecule has 2 atom stereocenters. The minimum Gasteiger partial charge on any atom is -0.360 e. The number of halogens is 1. The molecule has 0 aliphatic carbocycles. The summed E-state index contributed by atoms with van der Waals surface area (Å²) in [5.74, 6) is -0.578. The van der Waals surface area contributed by atoms with E-state index in [-0.39, 0.29) is 28.8 Å². The van der Waals surface area contributed by atoms with Crippen molar-refractivity contribution in [2.75, 3.05) is 13.1 Å². The van der Waals surface area contributed by atoms with Gasteiger partial charge in [-0.15, -0.1) is 0 Å². The van der Waals surface area contributed by atoms with Gasteiger partial charge in [-0.1, -0.05) is 13.3 Å². The molecule has 122 valence electrons. The second-order valence-corrected chi connectivity index (χ2v) is 6.14. The van der Waals surface area contributed by atoms with Crippen LogP contribution in [0.1, 0.15) is 30.1 Å². The van der Waals surface area contributed by atoms with Gasteiger partial charge in [-0.3, -0.25) is 9.59 Å². The van der Waals surface area contributed by atoms with Gasteiger partial charge in [-0.05, 0) is 30.5 Å². The normalized spacial score (nSPS) is 21.1. The molecule has 5 nitrogen and oxygen atoms in total. The van der Waals surface area contributed by atoms with Crippen LogP contribution in [-0.4, -0.2) is 34.9 Å². The molecule has 1 aromatic heterocycles. The molecule has 1 saturated heterocycles. The minimum atomic E-state index is -0.501. The Bertz CT molecular complexity index is 802. The first-order valence-corrected chi connectivity index (χ1v) is 7.87. The zero-order chi connectivity index (χ0) is 16.6. The van der Waals surface area contributed by atoms with Crippen molar-refractivity contribution in [1.29, 1.82) is 0 Å². The van der Waals surface area contributed by atoms with E-state index in [4.69, 9.17) is 5.73 Å². The summed E-state index contributed by atoms with van der Waals surface area (Å²) in [4.78, 5) is 29.7. The highest BCUT2D eigenvalue weighted by Crippen LogP contribution is 2.21. The second kappa shape index (κ2) is 6.12. The molecule has 0 radical (unpaired) electrons. The lowest BCUT2D eigenvalue weighted by Gasteiger charge is -2.16. The third kappa shape index (κ3) is 2.86. The minimum absolute atomic E-state index is 0.0347. The van der Waals surface area contributed by atoms with E-state index in [0.717, 1.165) is 18.9 Å². The average molecular weight is 317 g/mol. The highest BCUT2D eigenvalue weighted by molar-refractivity contribution is 5.97. The summed E-state index contributed by atoms with van der Waals surface area (Å²) in [5.41, 5.74) is 6.19. The lowest BCUT2D eigenvalue weighted by Crippen LogP contribution is -2.34. The molecular weight excluding hydrogens is 297 g/mol. The predicted molar refractivity (Wildman–Crippen MR) is 86.8 cm³/mol. The number of nitrogens with zero attached hydrogens (tertiary/aromatic N) is 1. The largest absolute Gasteiger partial charge is 0.360 e. The fourth-order valence-electron chi connectivity index (χ4n) is 3.26. The Hall–Kier alpha value is -2.21. The van der Waals surface area contributed by atoms with Crippen LogP contribution in [0, 0.1) is 11.7 Å². The first kappa shape index (κ1) is 15.7. The quantitative estimate of drug-likeness (QED) is 0.907. The molecule has 1 aliphatic heterocycles. The molecule has 1 aromatic carbocycles. The molecule has 0 unspecified atom stereocenters. The molecule has 0 bridgehead atoms. The summed E-state index contributed by atoms with van der Waals surface area (Å²) in [5, 5.41) is 0.185. The number of carbonyl (C=O) groups is 1. The fraction of sp³-hybridized carbons (Fsp3) is 0.412. The van der Waals surface area contributed by atoms with Gasteiger partial charge < -0.3 is 15.6 Å². The van der Waals surface area contributed by atoms with E-state index < -0.39 is 11.2 Å². The van der Waals surface area contributed by atoms with E-state index in [1.54, 1.807) is 4.90 Å². The van der Waals surface area contributed by atoms with Crippen molar-refractivity contribution < 1.29 is 9.18 Å². The van der Waals surface area contributed by atoms with Gasteiger partial charge >= 0.3 is 0 Å². The Morgan fingerprint density at radius 2 is 2.22 bits per heavy atom. The zero-order valence-electron chi connectivity index (χ0n) is 13.0. The van der Waals surface area contributed by atoms with Gasteiger partial charge in [0.2, 0.25) is 5.43 Å². The molecule has 0 saturated carbocycles. The number of pyridine rings is 1. The molecular formula is C17H20FN3O2. The van der Waals surface area contributed by atoms with Gasteiger partial charge in [0.25, 0.3) is 5.91 Å². The molecule has 1 aliphatic rings. The van der Waals surface area contributed by atoms with Crippen molar-refractivity contribution in [2.24, 2.45) is 11.7 Å². The number of benzene rings is 1. The van der Waals surface area contributed by atoms with Crippen LogP contribution in [0.25, 0.3) is 10.9 Å². The predicted octanol–water partition coefficient (Wildman–Crippen LogP) is 1.87. The van der Waals surface area contributed by atoms with Crippen molar-refractivity contribution in [3.8, 4) is 0 Å². The molecule has 23 heavy (non-hydrogen) atoms. The molecule has 0 spiro atoms. The lowest BCUT2D eigenvalue weighted by molar-refractivity contribution is 0.0784. The number of fused-ring (bicyclic) bond motifs is 1. The number of hydrogen-bond donors (Lipinski definition) is 2. The third-order valence-electron chi connectivity index (χ3n) is 4.51. The topological polar surface area (TPSA) is 79.2 Å². The lowest BCUT2D eigenvalue weighted by atomic mass is 9.99. The van der Waals surface area contributed by atoms with Crippen LogP contribution in [0.3, 0.4) is 0 Å². The van der Waals surface area contributed by atoms with E-state index in [2.05, 4.69) is 11.9 Å². The number of carbonyl (C=O) groups excluding carboxylic acids is 1. The van der Waals surface area contributed by atoms with Crippen LogP contribution in [-0.2, 0) is 0 Å². The van der Waals surface area contributed by atoms with E-state index in [9.17, 15) is 14.0 Å². The summed E-state index contributed by atoms with van der Waals surface area (Å²) in [6, 6.07) is 3.86. The van der Waals surface area contributed by atoms with Crippen molar-refractivity contribution in [3.05, 3.63) is 46.0 Å². The molecule has 2 heterocycles. The highest BCUT2D eigenvalue weighted by Gasteiger charge is 2.33. The van der Waals surface area contributed by atoms with E-state index >= 15 is 0 Å². The third-order valence-corrected chi connectivity index (χ3v) is 4.51. The molecule has 3 N–H and O–H groups in total. The van der Waals surface area contributed by atoms with Crippen molar-refractivity contribution in [3.63, 3.8) is 0 Å². The average Bonchev–Trinajstić information content (AvgIpc) is 2.89. The number of hydrogen-bond acceptors (Lipinski definition) is 3. The number of amides is 1. The summed E-state index contributed by atoms with van der Waals surface area (Å²) < 4.78 is 13.4. The number of nitrogens with two attached hydrogens (primary N) is 1. The number of rotatable bonds is 3. The maximum absolute atomic E-state index is 13.4. The first-order chi connectivity index (χ1) is 11.0. The zero-order valence-corrected chi connectivity index (χ0v) is 13.0. The monoisotopic (exact) mass is 317 g/mol. The summed E-state index contributed by atoms with van der Waals surface area (Å²) in [6.45, 7) is 3.10. The Labute approximate surface area is 133 Å². The van der Waals surface area contributed by atoms with Crippen molar-refractivity contribution in [2.45, 2.75) is 25.8 Å². The molecule has 1 fully saturated rings. The van der Waals surface area contributed by atoms with Crippen LogP contribution in [0.4, 0.5) is 4.39 Å². The molecule has 3 rings (SSSR count). The number of nitrogens with one attached hydrogen (secondary N) is 1. The van der Waals surface area contributed by atoms with E-state index in [1.165, 1.54) is 18.3 Å². The van der Waals surface area contributed by atoms with E-state index in [0.29, 0.717) is 18.6 Å². The van der Waals surface area contributed by atoms with Crippen LogP contribution < -0.4 is 11.2 Å². The van der Waals surface area contributed by atoms with Crippen LogP contribution in [0.2, 0.25) is 0 Å². The van der Waals surface area contributed by atoms with Crippen molar-refractivity contribution in [1.82, 2.24) is 9.88 Å². The molecule has 6 heteroatoms. The summed E-state index contributed by atoms with van der Waals surface area (Å²) >= 11 is 0. The summed E-state index contributed by atoms with van der Waals surface area (Å²) in [6.07, 6.45) is 3.38. The Morgan fingerprint density at radius 1 is 1.43 bits per heavy atom. The standard InChI is InChI=1S/C17H20FN3O2/c1-2-3-10-8-21(9-14(10)19)17(23)13-7-20-15-5-4-11(18)6-12(15)16(13)22/h4-7,10,14H,2-3,8-9,19H2,1H3,(H,20,22)/t10-,14-/m1/s1.